The molecule has 0 aliphatic heterocycles. The van der Waals surface area contributed by atoms with Crippen molar-refractivity contribution in [1.29, 1.82) is 0 Å². The van der Waals surface area contributed by atoms with Gasteiger partial charge in [0, 0.05) is 20.7 Å². The summed E-state index contributed by atoms with van der Waals surface area (Å²) in [5.74, 6) is 2.27. The molecule has 1 rings (SSSR count). The number of hydrogen-bond donors (Lipinski definition) is 0. The molecule has 0 N–H and O–H groups in total. The number of allylic oxidation sites excluding steroid dienone is 1. The zero-order valence-corrected chi connectivity index (χ0v) is 13.1. The minimum atomic E-state index is -1.02. The molecule has 3 nitrogen and oxygen atoms in total. The standard InChI is InChI=1S/C14H24O3Si/c1-11(2)13-9-14(12(3)17-13)16-10-15-7-8-18(4,5)6/h9H,1,7-8,10H2,2-6H3. The highest BCUT2D eigenvalue weighted by molar-refractivity contribution is 6.76. The van der Waals surface area contributed by atoms with Gasteiger partial charge < -0.3 is 13.9 Å². The van der Waals surface area contributed by atoms with E-state index in [4.69, 9.17) is 13.9 Å². The van der Waals surface area contributed by atoms with Crippen LogP contribution in [-0.2, 0) is 4.74 Å². The lowest BCUT2D eigenvalue weighted by atomic mass is 10.3. The highest BCUT2D eigenvalue weighted by Crippen LogP contribution is 2.26. The Bertz CT molecular complexity index is 402. The van der Waals surface area contributed by atoms with Crippen molar-refractivity contribution in [2.45, 2.75) is 39.5 Å². The molecule has 18 heavy (non-hydrogen) atoms. The molecule has 0 amide bonds. The lowest BCUT2D eigenvalue weighted by Crippen LogP contribution is -2.22. The third-order valence-corrected chi connectivity index (χ3v) is 4.29. The van der Waals surface area contributed by atoms with Gasteiger partial charge in [-0.25, -0.2) is 0 Å². The van der Waals surface area contributed by atoms with Gasteiger partial charge in [0.15, 0.2) is 12.5 Å². The van der Waals surface area contributed by atoms with E-state index >= 15 is 0 Å². The Labute approximate surface area is 111 Å². The lowest BCUT2D eigenvalue weighted by molar-refractivity contribution is 0.0211. The van der Waals surface area contributed by atoms with E-state index in [0.717, 1.165) is 35.5 Å². The number of rotatable bonds is 7. The second-order valence-corrected chi connectivity index (χ2v) is 11.4. The zero-order valence-electron chi connectivity index (χ0n) is 12.1. The molecule has 0 fully saturated rings. The number of hydrogen-bond acceptors (Lipinski definition) is 3. The minimum Gasteiger partial charge on any atom is -0.464 e. The summed E-state index contributed by atoms with van der Waals surface area (Å²) in [6.07, 6.45) is 0. The molecular weight excluding hydrogens is 244 g/mol. The van der Waals surface area contributed by atoms with Crippen LogP contribution in [0.3, 0.4) is 0 Å². The third kappa shape index (κ3) is 5.10. The summed E-state index contributed by atoms with van der Waals surface area (Å²) < 4.78 is 16.5. The van der Waals surface area contributed by atoms with Crippen molar-refractivity contribution >= 4 is 13.6 Å². The predicted molar refractivity (Wildman–Crippen MR) is 77.8 cm³/mol. The lowest BCUT2D eigenvalue weighted by Gasteiger charge is -2.15. The SMILES string of the molecule is C=C(C)c1cc(OCOCC[Si](C)(C)C)c(C)o1. The maximum Gasteiger partial charge on any atom is 0.189 e. The Kier molecular flexibility index (Phi) is 5.23. The van der Waals surface area contributed by atoms with Gasteiger partial charge in [-0.1, -0.05) is 26.2 Å². The van der Waals surface area contributed by atoms with Gasteiger partial charge in [0.2, 0.25) is 0 Å². The van der Waals surface area contributed by atoms with Crippen molar-refractivity contribution in [2.24, 2.45) is 0 Å². The third-order valence-electron chi connectivity index (χ3n) is 2.59. The van der Waals surface area contributed by atoms with Gasteiger partial charge in [-0.05, 0) is 25.5 Å². The normalized spacial score (nSPS) is 11.6. The first-order valence-corrected chi connectivity index (χ1v) is 9.97. The Morgan fingerprint density at radius 3 is 2.56 bits per heavy atom. The van der Waals surface area contributed by atoms with E-state index in [1.54, 1.807) is 0 Å². The second kappa shape index (κ2) is 6.25. The molecular formula is C14H24O3Si. The van der Waals surface area contributed by atoms with Crippen LogP contribution in [0.4, 0.5) is 0 Å². The average Bonchev–Trinajstić information content (AvgIpc) is 2.58. The molecule has 0 saturated heterocycles. The van der Waals surface area contributed by atoms with E-state index in [-0.39, 0.29) is 6.79 Å². The van der Waals surface area contributed by atoms with E-state index in [1.807, 2.05) is 19.9 Å². The summed E-state index contributed by atoms with van der Waals surface area (Å²) in [6.45, 7) is 15.7. The maximum absolute atomic E-state index is 5.54. The quantitative estimate of drug-likeness (QED) is 0.419. The van der Waals surface area contributed by atoms with Crippen LogP contribution >= 0.6 is 0 Å². The van der Waals surface area contributed by atoms with Gasteiger partial charge in [-0.15, -0.1) is 0 Å². The fourth-order valence-electron chi connectivity index (χ4n) is 1.36. The largest absolute Gasteiger partial charge is 0.464 e. The van der Waals surface area contributed by atoms with Gasteiger partial charge in [0.25, 0.3) is 0 Å². The Balaban J connectivity index is 2.33. The van der Waals surface area contributed by atoms with Gasteiger partial charge in [-0.3, -0.25) is 0 Å². The van der Waals surface area contributed by atoms with Crippen molar-refractivity contribution in [1.82, 2.24) is 0 Å². The second-order valence-electron chi connectivity index (χ2n) is 5.79. The number of furan rings is 1. The van der Waals surface area contributed by atoms with E-state index in [1.165, 1.54) is 0 Å². The fraction of sp³-hybridized carbons (Fsp3) is 0.571. The first-order valence-electron chi connectivity index (χ1n) is 6.26. The van der Waals surface area contributed by atoms with Gasteiger partial charge in [0.05, 0.1) is 0 Å². The predicted octanol–water partition coefficient (Wildman–Crippen LogP) is 4.31. The fourth-order valence-corrected chi connectivity index (χ4v) is 2.12. The smallest absolute Gasteiger partial charge is 0.189 e. The first kappa shape index (κ1) is 15.1. The average molecular weight is 268 g/mol. The number of ether oxygens (including phenoxy) is 2. The summed E-state index contributed by atoms with van der Waals surface area (Å²) in [5, 5.41) is 0. The molecule has 0 aliphatic carbocycles. The van der Waals surface area contributed by atoms with Crippen LogP contribution in [0.1, 0.15) is 18.4 Å². The Morgan fingerprint density at radius 1 is 1.39 bits per heavy atom. The molecule has 4 heteroatoms. The summed E-state index contributed by atoms with van der Waals surface area (Å²) in [6, 6.07) is 3.01. The molecule has 0 spiro atoms. The maximum atomic E-state index is 5.54. The van der Waals surface area contributed by atoms with Crippen LogP contribution in [0.5, 0.6) is 5.75 Å². The van der Waals surface area contributed by atoms with E-state index in [0.29, 0.717) is 0 Å². The van der Waals surface area contributed by atoms with Gasteiger partial charge in [-0.2, -0.15) is 0 Å². The van der Waals surface area contributed by atoms with E-state index < -0.39 is 8.07 Å². The Hall–Kier alpha value is -1.00. The first-order chi connectivity index (χ1) is 8.29. The van der Waals surface area contributed by atoms with Gasteiger partial charge >= 0.3 is 0 Å². The Morgan fingerprint density at radius 2 is 2.06 bits per heavy atom. The summed E-state index contributed by atoms with van der Waals surface area (Å²) in [7, 11) is -1.02. The zero-order chi connectivity index (χ0) is 13.8. The molecule has 102 valence electrons. The van der Waals surface area contributed by atoms with Crippen LogP contribution < -0.4 is 4.74 Å². The monoisotopic (exact) mass is 268 g/mol. The topological polar surface area (TPSA) is 31.6 Å². The van der Waals surface area contributed by atoms with Crippen LogP contribution in [0.25, 0.3) is 5.57 Å². The molecule has 1 heterocycles. The molecule has 0 bridgehead atoms. The van der Waals surface area contributed by atoms with Gasteiger partial charge in [0.1, 0.15) is 11.5 Å². The summed E-state index contributed by atoms with van der Waals surface area (Å²) in [5.41, 5.74) is 0.896. The molecule has 1 aromatic heterocycles. The molecule has 0 aliphatic rings. The number of aryl methyl sites for hydroxylation is 1. The van der Waals surface area contributed by atoms with Crippen LogP contribution in [0, 0.1) is 6.92 Å². The van der Waals surface area contributed by atoms with Crippen LogP contribution in [-0.4, -0.2) is 21.5 Å². The molecule has 0 aromatic carbocycles. The summed E-state index contributed by atoms with van der Waals surface area (Å²) in [4.78, 5) is 0. The van der Waals surface area contributed by atoms with Crippen molar-refractivity contribution in [2.75, 3.05) is 13.4 Å². The van der Waals surface area contributed by atoms with Crippen molar-refractivity contribution in [3.63, 3.8) is 0 Å². The van der Waals surface area contributed by atoms with Crippen molar-refractivity contribution in [3.8, 4) is 5.75 Å². The van der Waals surface area contributed by atoms with E-state index in [2.05, 4.69) is 26.2 Å². The van der Waals surface area contributed by atoms with Crippen molar-refractivity contribution in [3.05, 3.63) is 24.2 Å². The molecule has 0 atom stereocenters. The van der Waals surface area contributed by atoms with Crippen molar-refractivity contribution < 1.29 is 13.9 Å². The van der Waals surface area contributed by atoms with E-state index in [9.17, 15) is 0 Å². The molecule has 0 saturated carbocycles. The molecule has 1 aromatic rings. The summed E-state index contributed by atoms with van der Waals surface area (Å²) >= 11 is 0. The van der Waals surface area contributed by atoms with Crippen LogP contribution in [0.15, 0.2) is 17.1 Å². The van der Waals surface area contributed by atoms with Crippen LogP contribution in [0.2, 0.25) is 25.7 Å². The minimum absolute atomic E-state index is 0.278. The molecule has 0 radical (unpaired) electrons. The highest BCUT2D eigenvalue weighted by atomic mass is 28.3. The molecule has 0 unspecified atom stereocenters. The highest BCUT2D eigenvalue weighted by Gasteiger charge is 2.12.